The number of nitrogens with two attached hydrogens (primary N) is 1. The SMILES string of the molecule is CC(C)(C)n1nc(-c2ccc(CI)cc2)c2c(N)ncnc21. The van der Waals surface area contributed by atoms with Crippen molar-refractivity contribution in [2.45, 2.75) is 30.7 Å². The Morgan fingerprint density at radius 1 is 1.14 bits per heavy atom. The number of hydrogen-bond acceptors (Lipinski definition) is 4. The standard InChI is InChI=1S/C16H18IN5/c1-16(2,3)22-15-12(14(18)19-9-20-15)13(21-22)11-6-4-10(8-17)5-7-11/h4-7,9H,8H2,1-3H3,(H2,18,19,20). The highest BCUT2D eigenvalue weighted by atomic mass is 127. The topological polar surface area (TPSA) is 69.6 Å². The third-order valence-electron chi connectivity index (χ3n) is 3.51. The van der Waals surface area contributed by atoms with Crippen molar-refractivity contribution in [3.05, 3.63) is 36.2 Å². The van der Waals surface area contributed by atoms with Crippen LogP contribution in [0, 0.1) is 0 Å². The number of aromatic nitrogens is 4. The van der Waals surface area contributed by atoms with Gasteiger partial charge in [0.2, 0.25) is 0 Å². The summed E-state index contributed by atoms with van der Waals surface area (Å²) in [7, 11) is 0. The van der Waals surface area contributed by atoms with Gasteiger partial charge in [0, 0.05) is 9.99 Å². The van der Waals surface area contributed by atoms with Crippen molar-refractivity contribution in [3.63, 3.8) is 0 Å². The molecule has 6 heteroatoms. The molecule has 2 N–H and O–H groups in total. The molecule has 0 bridgehead atoms. The molecule has 2 heterocycles. The van der Waals surface area contributed by atoms with Crippen LogP contribution >= 0.6 is 22.6 Å². The maximum Gasteiger partial charge on any atom is 0.164 e. The second-order valence-corrected chi connectivity index (χ2v) is 6.98. The molecule has 1 aromatic carbocycles. The number of nitrogen functional groups attached to an aromatic ring is 1. The fourth-order valence-electron chi connectivity index (χ4n) is 2.40. The molecular formula is C16H18IN5. The third kappa shape index (κ3) is 2.55. The molecule has 5 nitrogen and oxygen atoms in total. The van der Waals surface area contributed by atoms with Crippen LogP contribution in [-0.2, 0) is 9.97 Å². The molecule has 0 aliphatic heterocycles. The zero-order valence-electron chi connectivity index (χ0n) is 12.8. The summed E-state index contributed by atoms with van der Waals surface area (Å²) >= 11 is 2.35. The van der Waals surface area contributed by atoms with Crippen LogP contribution in [0.15, 0.2) is 30.6 Å². The number of halogens is 1. The van der Waals surface area contributed by atoms with Gasteiger partial charge in [0.1, 0.15) is 17.8 Å². The summed E-state index contributed by atoms with van der Waals surface area (Å²) in [5.41, 5.74) is 9.84. The maximum atomic E-state index is 6.10. The van der Waals surface area contributed by atoms with Gasteiger partial charge in [-0.15, -0.1) is 0 Å². The number of anilines is 1. The van der Waals surface area contributed by atoms with E-state index in [2.05, 4.69) is 77.6 Å². The average Bonchev–Trinajstić information content (AvgIpc) is 2.88. The van der Waals surface area contributed by atoms with Crippen LogP contribution in [0.4, 0.5) is 5.82 Å². The van der Waals surface area contributed by atoms with Crippen molar-refractivity contribution in [1.29, 1.82) is 0 Å². The van der Waals surface area contributed by atoms with Crippen LogP contribution in [0.3, 0.4) is 0 Å². The molecule has 114 valence electrons. The second kappa shape index (κ2) is 5.49. The monoisotopic (exact) mass is 407 g/mol. The van der Waals surface area contributed by atoms with Gasteiger partial charge in [-0.1, -0.05) is 46.9 Å². The Labute approximate surface area is 143 Å². The van der Waals surface area contributed by atoms with Gasteiger partial charge in [-0.25, -0.2) is 14.6 Å². The minimum atomic E-state index is -0.181. The summed E-state index contributed by atoms with van der Waals surface area (Å²) in [4.78, 5) is 8.53. The zero-order valence-corrected chi connectivity index (χ0v) is 15.0. The smallest absolute Gasteiger partial charge is 0.164 e. The highest BCUT2D eigenvalue weighted by Crippen LogP contribution is 2.32. The van der Waals surface area contributed by atoms with Crippen LogP contribution in [-0.4, -0.2) is 19.7 Å². The molecule has 0 saturated carbocycles. The number of hydrogen-bond donors (Lipinski definition) is 1. The summed E-state index contributed by atoms with van der Waals surface area (Å²) < 4.78 is 2.91. The van der Waals surface area contributed by atoms with Gasteiger partial charge in [0.05, 0.1) is 10.9 Å². The first kappa shape index (κ1) is 15.2. The largest absolute Gasteiger partial charge is 0.383 e. The van der Waals surface area contributed by atoms with Gasteiger partial charge in [0.25, 0.3) is 0 Å². The van der Waals surface area contributed by atoms with Crippen LogP contribution in [0.5, 0.6) is 0 Å². The number of benzene rings is 1. The van der Waals surface area contributed by atoms with Crippen molar-refractivity contribution in [2.24, 2.45) is 0 Å². The van der Waals surface area contributed by atoms with E-state index in [9.17, 15) is 0 Å². The van der Waals surface area contributed by atoms with E-state index in [4.69, 9.17) is 10.8 Å². The van der Waals surface area contributed by atoms with Gasteiger partial charge < -0.3 is 5.73 Å². The molecule has 3 aromatic rings. The van der Waals surface area contributed by atoms with E-state index in [1.165, 1.54) is 11.9 Å². The lowest BCUT2D eigenvalue weighted by molar-refractivity contribution is 0.367. The highest BCUT2D eigenvalue weighted by molar-refractivity contribution is 14.1. The fourth-order valence-corrected chi connectivity index (χ4v) is 2.90. The lowest BCUT2D eigenvalue weighted by atomic mass is 10.1. The summed E-state index contributed by atoms with van der Waals surface area (Å²) in [6.45, 7) is 6.29. The summed E-state index contributed by atoms with van der Waals surface area (Å²) in [5.74, 6) is 0.466. The molecule has 0 atom stereocenters. The van der Waals surface area contributed by atoms with Crippen molar-refractivity contribution < 1.29 is 0 Å². The number of rotatable bonds is 2. The van der Waals surface area contributed by atoms with Crippen LogP contribution in [0.25, 0.3) is 22.3 Å². The minimum absolute atomic E-state index is 0.181. The molecule has 0 amide bonds. The molecule has 0 aliphatic carbocycles. The molecular weight excluding hydrogens is 389 g/mol. The fraction of sp³-hybridized carbons (Fsp3) is 0.312. The number of nitrogens with zero attached hydrogens (tertiary/aromatic N) is 4. The van der Waals surface area contributed by atoms with Gasteiger partial charge in [0.15, 0.2) is 5.65 Å². The quantitative estimate of drug-likeness (QED) is 0.519. The van der Waals surface area contributed by atoms with E-state index in [1.807, 2.05) is 4.68 Å². The van der Waals surface area contributed by atoms with Crippen molar-refractivity contribution in [1.82, 2.24) is 19.7 Å². The first-order chi connectivity index (χ1) is 10.4. The molecule has 0 fully saturated rings. The Balaban J connectivity index is 2.29. The lowest BCUT2D eigenvalue weighted by Crippen LogP contribution is -2.23. The Morgan fingerprint density at radius 3 is 2.41 bits per heavy atom. The van der Waals surface area contributed by atoms with E-state index in [0.29, 0.717) is 5.82 Å². The first-order valence-electron chi connectivity index (χ1n) is 7.07. The van der Waals surface area contributed by atoms with Crippen LogP contribution < -0.4 is 5.73 Å². The molecule has 0 unspecified atom stereocenters. The Morgan fingerprint density at radius 2 is 1.82 bits per heavy atom. The number of fused-ring (bicyclic) bond motifs is 1. The van der Waals surface area contributed by atoms with E-state index in [1.54, 1.807) is 0 Å². The summed E-state index contributed by atoms with van der Waals surface area (Å²) in [6, 6.07) is 8.39. The minimum Gasteiger partial charge on any atom is -0.383 e. The summed E-state index contributed by atoms with van der Waals surface area (Å²) in [5, 5.41) is 5.60. The predicted molar refractivity (Wildman–Crippen MR) is 97.9 cm³/mol. The average molecular weight is 407 g/mol. The Hall–Kier alpha value is -1.70. The van der Waals surface area contributed by atoms with Crippen molar-refractivity contribution in [2.75, 3.05) is 5.73 Å². The highest BCUT2D eigenvalue weighted by Gasteiger charge is 2.23. The predicted octanol–water partition coefficient (Wildman–Crippen LogP) is 3.77. The Kier molecular flexibility index (Phi) is 3.80. The van der Waals surface area contributed by atoms with Gasteiger partial charge in [-0.3, -0.25) is 0 Å². The summed E-state index contributed by atoms with van der Waals surface area (Å²) in [6.07, 6.45) is 1.49. The van der Waals surface area contributed by atoms with E-state index < -0.39 is 0 Å². The maximum absolute atomic E-state index is 6.10. The third-order valence-corrected chi connectivity index (χ3v) is 4.39. The molecule has 0 radical (unpaired) electrons. The van der Waals surface area contributed by atoms with E-state index >= 15 is 0 Å². The van der Waals surface area contributed by atoms with Crippen LogP contribution in [0.1, 0.15) is 26.3 Å². The molecule has 0 saturated heterocycles. The lowest BCUT2D eigenvalue weighted by Gasteiger charge is -2.19. The van der Waals surface area contributed by atoms with E-state index in [0.717, 1.165) is 26.7 Å². The molecule has 0 spiro atoms. The molecule has 0 aliphatic rings. The first-order valence-corrected chi connectivity index (χ1v) is 8.59. The van der Waals surface area contributed by atoms with Crippen molar-refractivity contribution in [3.8, 4) is 11.3 Å². The van der Waals surface area contributed by atoms with E-state index in [-0.39, 0.29) is 5.54 Å². The Bertz CT molecular complexity index is 815. The second-order valence-electron chi connectivity index (χ2n) is 6.22. The van der Waals surface area contributed by atoms with Gasteiger partial charge in [-0.2, -0.15) is 5.10 Å². The van der Waals surface area contributed by atoms with Crippen LogP contribution in [0.2, 0.25) is 0 Å². The van der Waals surface area contributed by atoms with Crippen molar-refractivity contribution >= 4 is 39.4 Å². The molecule has 22 heavy (non-hydrogen) atoms. The molecule has 2 aromatic heterocycles. The number of alkyl halides is 1. The molecule has 3 rings (SSSR count). The normalized spacial score (nSPS) is 12.0. The van der Waals surface area contributed by atoms with Gasteiger partial charge >= 0.3 is 0 Å². The zero-order chi connectivity index (χ0) is 15.9. The van der Waals surface area contributed by atoms with Gasteiger partial charge in [-0.05, 0) is 26.3 Å².